The first-order valence-corrected chi connectivity index (χ1v) is 16.9. The summed E-state index contributed by atoms with van der Waals surface area (Å²) in [5, 5.41) is 9.93. The normalized spacial score (nSPS) is 12.1. The number of fused-ring (bicyclic) bond motifs is 10. The van der Waals surface area contributed by atoms with Crippen LogP contribution in [0.1, 0.15) is 0 Å². The molecule has 228 valence electrons. The Hall–Kier alpha value is -6.58. The summed E-state index contributed by atoms with van der Waals surface area (Å²) in [7, 11) is 0. The second-order valence-electron chi connectivity index (χ2n) is 13.0. The lowest BCUT2D eigenvalue weighted by atomic mass is 10.1. The quantitative estimate of drug-likeness (QED) is 0.186. The standard InChI is InChI=1S/C46H29N3/c1-2-16-32-30(14-1)15-13-27-39(32)49-44-26-12-7-21-37(44)38-28-31(47-40-22-8-3-17-33(40)34-18-4-9-23-41(34)47)29-45(46(38)49)48-42-24-10-5-19-35(42)36-20-6-11-25-43(36)48/h1-29H. The topological polar surface area (TPSA) is 14.8 Å². The first kappa shape index (κ1) is 26.5. The van der Waals surface area contributed by atoms with Crippen molar-refractivity contribution < 1.29 is 0 Å². The van der Waals surface area contributed by atoms with E-state index in [4.69, 9.17) is 0 Å². The van der Waals surface area contributed by atoms with Gasteiger partial charge in [-0.3, -0.25) is 0 Å². The minimum atomic E-state index is 1.14. The van der Waals surface area contributed by atoms with E-state index in [9.17, 15) is 0 Å². The summed E-state index contributed by atoms with van der Waals surface area (Å²) in [4.78, 5) is 0. The Morgan fingerprint density at radius 1 is 0.265 bits per heavy atom. The van der Waals surface area contributed by atoms with Crippen LogP contribution >= 0.6 is 0 Å². The Labute approximate surface area is 282 Å². The van der Waals surface area contributed by atoms with Crippen molar-refractivity contribution in [2.24, 2.45) is 0 Å². The van der Waals surface area contributed by atoms with Crippen molar-refractivity contribution >= 4 is 76.2 Å². The zero-order valence-electron chi connectivity index (χ0n) is 26.6. The highest BCUT2D eigenvalue weighted by atomic mass is 15.1. The monoisotopic (exact) mass is 623 g/mol. The average molecular weight is 624 g/mol. The van der Waals surface area contributed by atoms with Crippen molar-refractivity contribution in [1.82, 2.24) is 13.7 Å². The van der Waals surface area contributed by atoms with Crippen molar-refractivity contribution in [3.05, 3.63) is 176 Å². The Morgan fingerprint density at radius 2 is 0.673 bits per heavy atom. The lowest BCUT2D eigenvalue weighted by molar-refractivity contribution is 1.12. The zero-order valence-corrected chi connectivity index (χ0v) is 26.6. The van der Waals surface area contributed by atoms with Crippen molar-refractivity contribution in [3.63, 3.8) is 0 Å². The minimum Gasteiger partial charge on any atom is -0.309 e. The van der Waals surface area contributed by atoms with Gasteiger partial charge in [-0.15, -0.1) is 0 Å². The largest absolute Gasteiger partial charge is 0.309 e. The van der Waals surface area contributed by atoms with Gasteiger partial charge in [0.15, 0.2) is 0 Å². The van der Waals surface area contributed by atoms with Gasteiger partial charge in [0.05, 0.1) is 44.5 Å². The fourth-order valence-corrected chi connectivity index (χ4v) is 8.40. The highest BCUT2D eigenvalue weighted by Gasteiger charge is 2.23. The number of hydrogen-bond acceptors (Lipinski definition) is 0. The maximum Gasteiger partial charge on any atom is 0.0784 e. The van der Waals surface area contributed by atoms with E-state index in [0.29, 0.717) is 0 Å². The molecule has 8 aromatic carbocycles. The number of aromatic nitrogens is 3. The van der Waals surface area contributed by atoms with Crippen LogP contribution in [0.3, 0.4) is 0 Å². The summed E-state index contributed by atoms with van der Waals surface area (Å²) in [5.41, 5.74) is 10.6. The van der Waals surface area contributed by atoms with Crippen LogP contribution in [-0.2, 0) is 0 Å². The third-order valence-electron chi connectivity index (χ3n) is 10.4. The number of benzene rings is 8. The molecule has 0 N–H and O–H groups in total. The molecule has 0 saturated carbocycles. The van der Waals surface area contributed by atoms with Crippen LogP contribution in [0.5, 0.6) is 0 Å². The predicted molar refractivity (Wildman–Crippen MR) is 207 cm³/mol. The first-order chi connectivity index (χ1) is 24.3. The Morgan fingerprint density at radius 3 is 1.22 bits per heavy atom. The Balaban J connectivity index is 1.39. The molecule has 0 fully saturated rings. The molecule has 49 heavy (non-hydrogen) atoms. The molecule has 0 bridgehead atoms. The van der Waals surface area contributed by atoms with E-state index >= 15 is 0 Å². The van der Waals surface area contributed by atoms with Gasteiger partial charge in [-0.2, -0.15) is 0 Å². The van der Waals surface area contributed by atoms with Crippen LogP contribution in [0.2, 0.25) is 0 Å². The van der Waals surface area contributed by atoms with Gasteiger partial charge in [0.2, 0.25) is 0 Å². The average Bonchev–Trinajstić information content (AvgIpc) is 3.80. The van der Waals surface area contributed by atoms with Crippen molar-refractivity contribution in [1.29, 1.82) is 0 Å². The molecule has 3 aromatic heterocycles. The molecule has 0 aliphatic carbocycles. The highest BCUT2D eigenvalue weighted by Crippen LogP contribution is 2.43. The third kappa shape index (κ3) is 3.62. The van der Waals surface area contributed by atoms with Gasteiger partial charge in [0, 0.05) is 43.4 Å². The fraction of sp³-hybridized carbons (Fsp3) is 0. The molecule has 3 heterocycles. The lowest BCUT2D eigenvalue weighted by Gasteiger charge is -2.18. The van der Waals surface area contributed by atoms with E-state index in [2.05, 4.69) is 190 Å². The molecule has 11 aromatic rings. The smallest absolute Gasteiger partial charge is 0.0784 e. The van der Waals surface area contributed by atoms with E-state index in [0.717, 1.165) is 11.4 Å². The summed E-state index contributed by atoms with van der Waals surface area (Å²) in [6, 6.07) is 64.3. The maximum absolute atomic E-state index is 2.50. The molecule has 11 rings (SSSR count). The molecule has 0 aliphatic rings. The van der Waals surface area contributed by atoms with Crippen LogP contribution in [0, 0.1) is 0 Å². The highest BCUT2D eigenvalue weighted by molar-refractivity contribution is 6.17. The van der Waals surface area contributed by atoms with Crippen molar-refractivity contribution in [3.8, 4) is 17.1 Å². The molecule has 0 amide bonds. The second kappa shape index (κ2) is 9.96. The van der Waals surface area contributed by atoms with E-state index in [1.165, 1.54) is 81.9 Å². The SMILES string of the molecule is c1ccc2c(-n3c4ccccc4c4cc(-n5c6ccccc6c6ccccc65)cc(-n5c6ccccc6c6ccccc65)c43)cccc2c1. The van der Waals surface area contributed by atoms with Crippen LogP contribution in [0.15, 0.2) is 176 Å². The van der Waals surface area contributed by atoms with E-state index in [1.807, 2.05) is 0 Å². The van der Waals surface area contributed by atoms with Gasteiger partial charge < -0.3 is 13.7 Å². The van der Waals surface area contributed by atoms with Crippen LogP contribution in [0.4, 0.5) is 0 Å². The van der Waals surface area contributed by atoms with Crippen LogP contribution < -0.4 is 0 Å². The second-order valence-corrected chi connectivity index (χ2v) is 13.0. The fourth-order valence-electron chi connectivity index (χ4n) is 8.40. The first-order valence-electron chi connectivity index (χ1n) is 16.9. The summed E-state index contributed by atoms with van der Waals surface area (Å²) in [6.07, 6.45) is 0. The van der Waals surface area contributed by atoms with Gasteiger partial charge in [0.25, 0.3) is 0 Å². The number of nitrogens with zero attached hydrogens (tertiary/aromatic N) is 3. The van der Waals surface area contributed by atoms with Crippen LogP contribution in [0.25, 0.3) is 93.3 Å². The molecule has 3 nitrogen and oxygen atoms in total. The molecule has 0 aliphatic heterocycles. The molecular weight excluding hydrogens is 595 g/mol. The number of para-hydroxylation sites is 5. The number of hydrogen-bond donors (Lipinski definition) is 0. The van der Waals surface area contributed by atoms with E-state index < -0.39 is 0 Å². The molecule has 3 heteroatoms. The van der Waals surface area contributed by atoms with Crippen LogP contribution in [-0.4, -0.2) is 13.7 Å². The molecule has 0 atom stereocenters. The summed E-state index contributed by atoms with van der Waals surface area (Å²) >= 11 is 0. The summed E-state index contributed by atoms with van der Waals surface area (Å²) in [6.45, 7) is 0. The van der Waals surface area contributed by atoms with Gasteiger partial charge in [-0.1, -0.05) is 127 Å². The lowest BCUT2D eigenvalue weighted by Crippen LogP contribution is -2.03. The van der Waals surface area contributed by atoms with Gasteiger partial charge >= 0.3 is 0 Å². The molecule has 0 saturated heterocycles. The Kier molecular flexibility index (Phi) is 5.38. The number of rotatable bonds is 3. The van der Waals surface area contributed by atoms with Crippen molar-refractivity contribution in [2.45, 2.75) is 0 Å². The van der Waals surface area contributed by atoms with Gasteiger partial charge in [-0.25, -0.2) is 0 Å². The zero-order chi connectivity index (χ0) is 32.1. The van der Waals surface area contributed by atoms with E-state index in [-0.39, 0.29) is 0 Å². The summed E-state index contributed by atoms with van der Waals surface area (Å²) in [5.74, 6) is 0. The van der Waals surface area contributed by atoms with E-state index in [1.54, 1.807) is 0 Å². The molecular formula is C46H29N3. The van der Waals surface area contributed by atoms with Crippen molar-refractivity contribution in [2.75, 3.05) is 0 Å². The predicted octanol–water partition coefficient (Wildman–Crippen LogP) is 12.1. The summed E-state index contributed by atoms with van der Waals surface area (Å²) < 4.78 is 7.44. The molecule has 0 radical (unpaired) electrons. The molecule has 0 spiro atoms. The van der Waals surface area contributed by atoms with Gasteiger partial charge in [0.1, 0.15) is 0 Å². The maximum atomic E-state index is 2.50. The Bertz CT molecular complexity index is 3000. The molecule has 0 unspecified atom stereocenters. The van der Waals surface area contributed by atoms with Gasteiger partial charge in [-0.05, 0) is 53.9 Å². The minimum absolute atomic E-state index is 1.14. The third-order valence-corrected chi connectivity index (χ3v) is 10.4.